The van der Waals surface area contributed by atoms with Crippen molar-refractivity contribution in [2.75, 3.05) is 13.2 Å². The molecular formula is C14H23NO. The highest BCUT2D eigenvalue weighted by Gasteiger charge is 2.16. The third kappa shape index (κ3) is 5.29. The van der Waals surface area contributed by atoms with Crippen molar-refractivity contribution in [2.45, 2.75) is 32.7 Å². The molecule has 2 nitrogen and oxygen atoms in total. The molecule has 1 heterocycles. The summed E-state index contributed by atoms with van der Waals surface area (Å²) >= 11 is 0. The third-order valence-corrected chi connectivity index (χ3v) is 2.95. The number of rotatable bonds is 1. The Morgan fingerprint density at radius 2 is 1.75 bits per heavy atom. The molecular weight excluding hydrogens is 198 g/mol. The molecule has 0 spiro atoms. The molecule has 1 aromatic carbocycles. The second kappa shape index (κ2) is 7.42. The summed E-state index contributed by atoms with van der Waals surface area (Å²) in [6, 6.07) is 10.6. The predicted molar refractivity (Wildman–Crippen MR) is 68.4 cm³/mol. The van der Waals surface area contributed by atoms with Gasteiger partial charge in [0.2, 0.25) is 0 Å². The Kier molecular flexibility index (Phi) is 6.12. The Labute approximate surface area is 98.8 Å². The van der Waals surface area contributed by atoms with Gasteiger partial charge in [0.1, 0.15) is 0 Å². The summed E-state index contributed by atoms with van der Waals surface area (Å²) in [6.45, 7) is 5.98. The van der Waals surface area contributed by atoms with Crippen LogP contribution in [0.25, 0.3) is 0 Å². The van der Waals surface area contributed by atoms with Crippen molar-refractivity contribution < 1.29 is 4.74 Å². The van der Waals surface area contributed by atoms with Gasteiger partial charge in [-0.15, -0.1) is 0 Å². The monoisotopic (exact) mass is 221 g/mol. The molecule has 1 aliphatic rings. The second-order valence-corrected chi connectivity index (χ2v) is 4.46. The van der Waals surface area contributed by atoms with Gasteiger partial charge in [-0.2, -0.15) is 0 Å². The van der Waals surface area contributed by atoms with Crippen LogP contribution in [0, 0.1) is 12.8 Å². The first-order valence-electron chi connectivity index (χ1n) is 6.05. The van der Waals surface area contributed by atoms with E-state index in [9.17, 15) is 0 Å². The first-order chi connectivity index (χ1) is 7.70. The molecule has 2 rings (SSSR count). The van der Waals surface area contributed by atoms with Gasteiger partial charge in [-0.1, -0.05) is 35.9 Å². The summed E-state index contributed by atoms with van der Waals surface area (Å²) in [5.41, 5.74) is 7.03. The minimum Gasteiger partial charge on any atom is -0.381 e. The zero-order valence-corrected chi connectivity index (χ0v) is 10.4. The largest absolute Gasteiger partial charge is 0.381 e. The van der Waals surface area contributed by atoms with Gasteiger partial charge >= 0.3 is 0 Å². The molecule has 1 aromatic rings. The van der Waals surface area contributed by atoms with E-state index in [-0.39, 0.29) is 0 Å². The van der Waals surface area contributed by atoms with E-state index in [1.165, 1.54) is 5.56 Å². The van der Waals surface area contributed by atoms with Gasteiger partial charge in [-0.3, -0.25) is 0 Å². The SMILES string of the molecule is CC(N)C1CCOCC1.Cc1ccccc1. The van der Waals surface area contributed by atoms with E-state index in [1.807, 2.05) is 18.2 Å². The van der Waals surface area contributed by atoms with Crippen LogP contribution in [0.1, 0.15) is 25.3 Å². The van der Waals surface area contributed by atoms with E-state index >= 15 is 0 Å². The van der Waals surface area contributed by atoms with Gasteiger partial charge in [-0.05, 0) is 32.6 Å². The van der Waals surface area contributed by atoms with Crippen molar-refractivity contribution in [3.8, 4) is 0 Å². The lowest BCUT2D eigenvalue weighted by atomic mass is 9.94. The van der Waals surface area contributed by atoms with Crippen molar-refractivity contribution in [2.24, 2.45) is 11.7 Å². The quantitative estimate of drug-likeness (QED) is 0.791. The van der Waals surface area contributed by atoms with Crippen molar-refractivity contribution >= 4 is 0 Å². The van der Waals surface area contributed by atoms with Crippen LogP contribution in [0.15, 0.2) is 30.3 Å². The van der Waals surface area contributed by atoms with Crippen LogP contribution in [0.5, 0.6) is 0 Å². The van der Waals surface area contributed by atoms with E-state index in [4.69, 9.17) is 10.5 Å². The lowest BCUT2D eigenvalue weighted by molar-refractivity contribution is 0.0603. The first-order valence-corrected chi connectivity index (χ1v) is 6.05. The fraction of sp³-hybridized carbons (Fsp3) is 0.571. The highest BCUT2D eigenvalue weighted by molar-refractivity contribution is 5.11. The van der Waals surface area contributed by atoms with E-state index in [1.54, 1.807) is 0 Å². The van der Waals surface area contributed by atoms with Crippen molar-refractivity contribution in [1.82, 2.24) is 0 Å². The molecule has 2 heteroatoms. The standard InChI is InChI=1S/C7H15NO.C7H8/c1-6(8)7-2-4-9-5-3-7;1-7-5-3-2-4-6-7/h6-7H,2-5,8H2,1H3;2-6H,1H3. The molecule has 1 unspecified atom stereocenters. The molecule has 0 aliphatic carbocycles. The molecule has 0 bridgehead atoms. The number of aryl methyl sites for hydroxylation is 1. The first kappa shape index (κ1) is 13.2. The number of hydrogen-bond donors (Lipinski definition) is 1. The smallest absolute Gasteiger partial charge is 0.0469 e. The molecule has 0 aromatic heterocycles. The molecule has 2 N–H and O–H groups in total. The molecule has 90 valence electrons. The molecule has 1 fully saturated rings. The Bertz CT molecular complexity index is 265. The molecule has 16 heavy (non-hydrogen) atoms. The lowest BCUT2D eigenvalue weighted by Crippen LogP contribution is -2.31. The number of benzene rings is 1. The zero-order chi connectivity index (χ0) is 11.8. The maximum atomic E-state index is 5.71. The second-order valence-electron chi connectivity index (χ2n) is 4.46. The van der Waals surface area contributed by atoms with Gasteiger partial charge in [0.15, 0.2) is 0 Å². The van der Waals surface area contributed by atoms with Crippen LogP contribution < -0.4 is 5.73 Å². The topological polar surface area (TPSA) is 35.2 Å². The van der Waals surface area contributed by atoms with Crippen LogP contribution in [-0.2, 0) is 4.74 Å². The van der Waals surface area contributed by atoms with E-state index in [2.05, 4.69) is 26.0 Å². The van der Waals surface area contributed by atoms with Crippen molar-refractivity contribution in [1.29, 1.82) is 0 Å². The highest BCUT2D eigenvalue weighted by atomic mass is 16.5. The fourth-order valence-corrected chi connectivity index (χ4v) is 1.78. The summed E-state index contributed by atoms with van der Waals surface area (Å²) in [7, 11) is 0. The van der Waals surface area contributed by atoms with Crippen LogP contribution in [0.3, 0.4) is 0 Å². The van der Waals surface area contributed by atoms with E-state index < -0.39 is 0 Å². The summed E-state index contributed by atoms with van der Waals surface area (Å²) in [5, 5.41) is 0. The molecule has 1 atom stereocenters. The molecule has 1 saturated heterocycles. The van der Waals surface area contributed by atoms with E-state index in [0.717, 1.165) is 26.1 Å². The van der Waals surface area contributed by atoms with Gasteiger partial charge in [-0.25, -0.2) is 0 Å². The van der Waals surface area contributed by atoms with Gasteiger partial charge < -0.3 is 10.5 Å². The minimum atomic E-state index is 0.355. The van der Waals surface area contributed by atoms with Gasteiger partial charge in [0.05, 0.1) is 0 Å². The Morgan fingerprint density at radius 3 is 2.06 bits per heavy atom. The third-order valence-electron chi connectivity index (χ3n) is 2.95. The zero-order valence-electron chi connectivity index (χ0n) is 10.4. The van der Waals surface area contributed by atoms with Crippen LogP contribution in [0.4, 0.5) is 0 Å². The minimum absolute atomic E-state index is 0.355. The molecule has 0 saturated carbocycles. The maximum Gasteiger partial charge on any atom is 0.0469 e. The van der Waals surface area contributed by atoms with Crippen molar-refractivity contribution in [3.05, 3.63) is 35.9 Å². The normalized spacial score (nSPS) is 18.4. The maximum absolute atomic E-state index is 5.71. The summed E-state index contributed by atoms with van der Waals surface area (Å²) in [5.74, 6) is 0.707. The van der Waals surface area contributed by atoms with Crippen LogP contribution in [0.2, 0.25) is 0 Å². The Hall–Kier alpha value is -0.860. The van der Waals surface area contributed by atoms with Crippen LogP contribution in [-0.4, -0.2) is 19.3 Å². The summed E-state index contributed by atoms with van der Waals surface area (Å²) in [4.78, 5) is 0. The van der Waals surface area contributed by atoms with Crippen molar-refractivity contribution in [3.63, 3.8) is 0 Å². The van der Waals surface area contributed by atoms with Crippen LogP contribution >= 0.6 is 0 Å². The average molecular weight is 221 g/mol. The highest BCUT2D eigenvalue weighted by Crippen LogP contribution is 2.16. The fourth-order valence-electron chi connectivity index (χ4n) is 1.78. The Morgan fingerprint density at radius 1 is 1.19 bits per heavy atom. The molecule has 0 amide bonds. The van der Waals surface area contributed by atoms with Gasteiger partial charge in [0, 0.05) is 19.3 Å². The van der Waals surface area contributed by atoms with E-state index in [0.29, 0.717) is 12.0 Å². The van der Waals surface area contributed by atoms with Gasteiger partial charge in [0.25, 0.3) is 0 Å². The molecule has 0 radical (unpaired) electrons. The summed E-state index contributed by atoms with van der Waals surface area (Å²) < 4.78 is 5.19. The average Bonchev–Trinajstić information content (AvgIpc) is 2.32. The Balaban J connectivity index is 0.000000165. The number of ether oxygens (including phenoxy) is 1. The number of hydrogen-bond acceptors (Lipinski definition) is 2. The summed E-state index contributed by atoms with van der Waals surface area (Å²) in [6.07, 6.45) is 2.30. The predicted octanol–water partition coefficient (Wildman–Crippen LogP) is 2.76. The number of nitrogens with two attached hydrogens (primary N) is 1. The molecule has 1 aliphatic heterocycles. The lowest BCUT2D eigenvalue weighted by Gasteiger charge is -2.24.